The fourth-order valence-corrected chi connectivity index (χ4v) is 4.59. The van der Waals surface area contributed by atoms with Crippen LogP contribution in [0.2, 0.25) is 0 Å². The molecular weight excluding hydrogens is 412 g/mol. The monoisotopic (exact) mass is 438 g/mol. The Kier molecular flexibility index (Phi) is 5.73. The number of hydrogen-bond acceptors (Lipinski definition) is 6. The van der Waals surface area contributed by atoms with Gasteiger partial charge in [-0.15, -0.1) is 0 Å². The molecule has 3 aliphatic carbocycles. The molecule has 2 N–H and O–H groups in total. The number of anilines is 1. The number of aryl methyl sites for hydroxylation is 1. The summed E-state index contributed by atoms with van der Waals surface area (Å²) >= 11 is 0. The first-order valence-corrected chi connectivity index (χ1v) is 11.5. The Balaban J connectivity index is 1.73. The van der Waals surface area contributed by atoms with Gasteiger partial charge in [0.15, 0.2) is 10.9 Å². The van der Waals surface area contributed by atoms with E-state index >= 15 is 0 Å². The molecule has 2 aromatic carbocycles. The number of nitrogens with zero attached hydrogens (tertiary/aromatic N) is 2. The van der Waals surface area contributed by atoms with E-state index in [-0.39, 0.29) is 16.9 Å². The highest BCUT2D eigenvalue weighted by atomic mass is 16.1. The standard InChI is InChI=1S/C27H26N4O2/c1-17-11-13-19(14-12-17)29-31-30-23-16-15-22(28-18-7-3-2-4-8-18)24-25(23)27(33)21-10-6-5-9-20(21)26(24)32/h5-6,9-16,18,29,31H,2-4,7-8H2,1H3/b28-22?,30-23-. The van der Waals surface area contributed by atoms with Crippen LogP contribution in [0.1, 0.15) is 37.7 Å². The molecule has 6 nitrogen and oxygen atoms in total. The lowest BCUT2D eigenvalue weighted by Crippen LogP contribution is -2.31. The zero-order valence-electron chi connectivity index (χ0n) is 18.6. The fourth-order valence-electron chi connectivity index (χ4n) is 4.59. The van der Waals surface area contributed by atoms with Gasteiger partial charge in [0.1, 0.15) is 0 Å². The summed E-state index contributed by atoms with van der Waals surface area (Å²) in [5.41, 5.74) is 7.48. The summed E-state index contributed by atoms with van der Waals surface area (Å²) in [6.07, 6.45) is 5.55. The Labute approximate surface area is 190 Å². The molecule has 3 aliphatic rings. The molecule has 2 aromatic rings. The highest BCUT2D eigenvalue weighted by Crippen LogP contribution is 2.19. The van der Waals surface area contributed by atoms with Crippen molar-refractivity contribution in [3.05, 3.63) is 108 Å². The van der Waals surface area contributed by atoms with Gasteiger partial charge in [0.25, 0.3) is 0 Å². The molecule has 0 spiro atoms. The largest absolute Gasteiger partial charge is 0.288 e. The number of nitrogens with one attached hydrogen (secondary N) is 2. The van der Waals surface area contributed by atoms with E-state index in [4.69, 9.17) is 4.99 Å². The van der Waals surface area contributed by atoms with Crippen molar-refractivity contribution in [2.24, 2.45) is 10.1 Å². The maximum atomic E-state index is 13.5. The Morgan fingerprint density at radius 2 is 1.36 bits per heavy atom. The number of benzene rings is 2. The van der Waals surface area contributed by atoms with Crippen molar-refractivity contribution in [2.45, 2.75) is 45.1 Å². The second-order valence-electron chi connectivity index (χ2n) is 8.69. The van der Waals surface area contributed by atoms with Crippen molar-refractivity contribution in [1.82, 2.24) is 5.53 Å². The first-order valence-electron chi connectivity index (χ1n) is 11.5. The molecule has 0 amide bonds. The average Bonchev–Trinajstić information content (AvgIpc) is 2.85. The third-order valence-corrected chi connectivity index (χ3v) is 6.36. The van der Waals surface area contributed by atoms with Crippen LogP contribution in [0.15, 0.2) is 80.3 Å². The predicted molar refractivity (Wildman–Crippen MR) is 130 cm³/mol. The van der Waals surface area contributed by atoms with Crippen molar-refractivity contribution < 1.29 is 0 Å². The van der Waals surface area contributed by atoms with Crippen LogP contribution in [0.5, 0.6) is 0 Å². The van der Waals surface area contributed by atoms with Gasteiger partial charge in [-0.1, -0.05) is 61.2 Å². The number of rotatable bonds is 4. The number of hydrogen-bond donors (Lipinski definition) is 2. The molecule has 6 heteroatoms. The van der Waals surface area contributed by atoms with E-state index in [2.05, 4.69) is 16.1 Å². The third kappa shape index (κ3) is 4.16. The lowest BCUT2D eigenvalue weighted by molar-refractivity contribution is 0.437. The lowest BCUT2D eigenvalue weighted by atomic mass is 9.96. The zero-order valence-corrected chi connectivity index (χ0v) is 18.6. The molecule has 0 unspecified atom stereocenters. The van der Waals surface area contributed by atoms with Crippen LogP contribution >= 0.6 is 0 Å². The van der Waals surface area contributed by atoms with Crippen LogP contribution in [0.25, 0.3) is 10.8 Å². The highest BCUT2D eigenvalue weighted by molar-refractivity contribution is 5.82. The summed E-state index contributed by atoms with van der Waals surface area (Å²) in [6.45, 7) is 2.02. The summed E-state index contributed by atoms with van der Waals surface area (Å²) in [7, 11) is 0. The Morgan fingerprint density at radius 1 is 0.758 bits per heavy atom. The van der Waals surface area contributed by atoms with Gasteiger partial charge < -0.3 is 0 Å². The zero-order chi connectivity index (χ0) is 22.8. The van der Waals surface area contributed by atoms with Gasteiger partial charge in [0.05, 0.1) is 32.9 Å². The van der Waals surface area contributed by atoms with Crippen molar-refractivity contribution in [2.75, 3.05) is 5.43 Å². The lowest BCUT2D eigenvalue weighted by Gasteiger charge is -2.17. The molecule has 0 bridgehead atoms. The molecule has 5 rings (SSSR count). The summed E-state index contributed by atoms with van der Waals surface area (Å²) < 4.78 is 0. The van der Waals surface area contributed by atoms with E-state index in [1.54, 1.807) is 30.3 Å². The quantitative estimate of drug-likeness (QED) is 0.480. The second kappa shape index (κ2) is 8.98. The third-order valence-electron chi connectivity index (χ3n) is 6.36. The van der Waals surface area contributed by atoms with Crippen LogP contribution in [0.3, 0.4) is 0 Å². The van der Waals surface area contributed by atoms with E-state index in [0.29, 0.717) is 31.9 Å². The van der Waals surface area contributed by atoms with Crippen LogP contribution in [0, 0.1) is 17.4 Å². The number of fused-ring (bicyclic) bond motifs is 1. The molecule has 0 atom stereocenters. The molecule has 0 aliphatic heterocycles. The molecule has 166 valence electrons. The maximum Gasteiger partial charge on any atom is 0.196 e. The van der Waals surface area contributed by atoms with Crippen LogP contribution < -0.4 is 32.5 Å². The molecule has 0 aromatic heterocycles. The average molecular weight is 439 g/mol. The van der Waals surface area contributed by atoms with Gasteiger partial charge in [0.2, 0.25) is 0 Å². The summed E-state index contributed by atoms with van der Waals surface area (Å²) in [4.78, 5) is 31.9. The van der Waals surface area contributed by atoms with Gasteiger partial charge in [-0.05, 0) is 44.0 Å². The summed E-state index contributed by atoms with van der Waals surface area (Å²) in [6, 6.07) is 18.6. The number of hydrazine groups is 1. The SMILES string of the molecule is Cc1ccc(NN/N=c2/ccc(=NC3CCCCC3)c3c(=O)c4ccccc4c(=O)c2=3)cc1. The molecule has 1 saturated carbocycles. The molecule has 33 heavy (non-hydrogen) atoms. The second-order valence-corrected chi connectivity index (χ2v) is 8.69. The van der Waals surface area contributed by atoms with Crippen LogP contribution in [-0.4, -0.2) is 6.04 Å². The van der Waals surface area contributed by atoms with Crippen molar-refractivity contribution in [3.63, 3.8) is 0 Å². The van der Waals surface area contributed by atoms with E-state index in [0.717, 1.165) is 36.9 Å². The van der Waals surface area contributed by atoms with Gasteiger partial charge in [0, 0.05) is 10.8 Å². The molecule has 0 heterocycles. The predicted octanol–water partition coefficient (Wildman–Crippen LogP) is 3.13. The van der Waals surface area contributed by atoms with E-state index in [1.807, 2.05) is 37.3 Å². The minimum atomic E-state index is -0.197. The molecule has 0 saturated heterocycles. The van der Waals surface area contributed by atoms with Gasteiger partial charge in [-0.25, -0.2) is 5.53 Å². The van der Waals surface area contributed by atoms with Crippen LogP contribution in [-0.2, 0) is 0 Å². The first kappa shape index (κ1) is 21.1. The Bertz CT molecular complexity index is 1590. The van der Waals surface area contributed by atoms with E-state index in [1.165, 1.54) is 6.42 Å². The maximum absolute atomic E-state index is 13.5. The van der Waals surface area contributed by atoms with Crippen LogP contribution in [0.4, 0.5) is 5.69 Å². The smallest absolute Gasteiger partial charge is 0.196 e. The molecule has 0 radical (unpaired) electrons. The minimum absolute atomic E-state index is 0.168. The highest BCUT2D eigenvalue weighted by Gasteiger charge is 2.14. The Hall–Kier alpha value is -3.80. The summed E-state index contributed by atoms with van der Waals surface area (Å²) in [5, 5.41) is 6.93. The molecule has 1 fully saturated rings. The minimum Gasteiger partial charge on any atom is -0.288 e. The van der Waals surface area contributed by atoms with Crippen molar-refractivity contribution in [1.29, 1.82) is 0 Å². The van der Waals surface area contributed by atoms with Gasteiger partial charge in [-0.3, -0.25) is 20.0 Å². The summed E-state index contributed by atoms with van der Waals surface area (Å²) in [5.74, 6) is 0. The van der Waals surface area contributed by atoms with E-state index < -0.39 is 0 Å². The fraction of sp³-hybridized carbons (Fsp3) is 0.259. The Morgan fingerprint density at radius 3 is 2.03 bits per heavy atom. The van der Waals surface area contributed by atoms with Gasteiger partial charge in [-0.2, -0.15) is 5.10 Å². The molecular formula is C27H26N4O2. The first-order chi connectivity index (χ1) is 16.1. The normalized spacial score (nSPS) is 15.9. The topological polar surface area (TPSA) is 82.9 Å². The van der Waals surface area contributed by atoms with Crippen molar-refractivity contribution in [3.8, 4) is 0 Å². The van der Waals surface area contributed by atoms with E-state index in [9.17, 15) is 9.59 Å². The van der Waals surface area contributed by atoms with Gasteiger partial charge >= 0.3 is 0 Å². The van der Waals surface area contributed by atoms with Crippen molar-refractivity contribution >= 4 is 16.5 Å².